The Morgan fingerprint density at radius 3 is 2.45 bits per heavy atom. The number of sulfonamides is 1. The lowest BCUT2D eigenvalue weighted by Gasteiger charge is -1.89. The molecule has 1 heterocycles. The van der Waals surface area contributed by atoms with Crippen LogP contribution in [0.5, 0.6) is 0 Å². The molecule has 1 rings (SSSR count). The van der Waals surface area contributed by atoms with Gasteiger partial charge < -0.3 is 0 Å². The molecule has 0 amide bonds. The summed E-state index contributed by atoms with van der Waals surface area (Å²) in [6.07, 6.45) is 1.51. The summed E-state index contributed by atoms with van der Waals surface area (Å²) in [5, 5.41) is 8.34. The molecule has 0 aliphatic heterocycles. The first-order chi connectivity index (χ1) is 4.91. The van der Waals surface area contributed by atoms with E-state index in [1.54, 1.807) is 7.05 Å². The molecule has 11 heavy (non-hydrogen) atoms. The van der Waals surface area contributed by atoms with Crippen LogP contribution in [-0.4, -0.2) is 18.2 Å². The van der Waals surface area contributed by atoms with E-state index in [-0.39, 0.29) is 5.03 Å². The van der Waals surface area contributed by atoms with Crippen LogP contribution in [0.2, 0.25) is 0 Å². The van der Waals surface area contributed by atoms with Crippen molar-refractivity contribution in [1.29, 1.82) is 0 Å². The molecule has 1 aromatic heterocycles. The fraction of sp³-hybridized carbons (Fsp3) is 0.250. The molecule has 7 heteroatoms. The Labute approximate surface area is 72.4 Å². The van der Waals surface area contributed by atoms with E-state index in [1.807, 2.05) is 0 Å². The molecule has 1 aromatic rings. The van der Waals surface area contributed by atoms with Gasteiger partial charge >= 0.3 is 0 Å². The van der Waals surface area contributed by atoms with Crippen molar-refractivity contribution < 1.29 is 8.42 Å². The van der Waals surface area contributed by atoms with Crippen molar-refractivity contribution in [2.45, 2.75) is 5.03 Å². The molecule has 2 N–H and O–H groups in total. The van der Waals surface area contributed by atoms with E-state index in [9.17, 15) is 8.42 Å². The van der Waals surface area contributed by atoms with Gasteiger partial charge in [-0.2, -0.15) is 5.10 Å². The average Bonchev–Trinajstić information content (AvgIpc) is 2.08. The number of aryl methyl sites for hydroxylation is 1. The summed E-state index contributed by atoms with van der Waals surface area (Å²) in [5.41, 5.74) is 0. The van der Waals surface area contributed by atoms with Gasteiger partial charge in [-0.3, -0.25) is 4.68 Å². The maximum atomic E-state index is 10.7. The van der Waals surface area contributed by atoms with E-state index in [2.05, 4.69) is 21.0 Å². The molecule has 0 saturated heterocycles. The summed E-state index contributed by atoms with van der Waals surface area (Å²) in [6, 6.07) is 0. The van der Waals surface area contributed by atoms with Gasteiger partial charge in [-0.25, -0.2) is 13.6 Å². The Morgan fingerprint density at radius 2 is 2.27 bits per heavy atom. The van der Waals surface area contributed by atoms with Gasteiger partial charge in [0.15, 0.2) is 0 Å². The SMILES string of the molecule is Cn1cc(Br)c(S(N)(=O)=O)n1. The number of halogens is 1. The van der Waals surface area contributed by atoms with Crippen molar-refractivity contribution in [2.75, 3.05) is 0 Å². The molecule has 0 fully saturated rings. The van der Waals surface area contributed by atoms with Gasteiger partial charge in [-0.15, -0.1) is 0 Å². The van der Waals surface area contributed by atoms with Gasteiger partial charge in [0.2, 0.25) is 5.03 Å². The molecule has 0 spiro atoms. The second-order valence-electron chi connectivity index (χ2n) is 2.00. The number of nitrogens with zero attached hydrogens (tertiary/aromatic N) is 2. The molecule has 62 valence electrons. The minimum absolute atomic E-state index is 0.139. The highest BCUT2D eigenvalue weighted by molar-refractivity contribution is 9.10. The van der Waals surface area contributed by atoms with Gasteiger partial charge in [-0.1, -0.05) is 0 Å². The van der Waals surface area contributed by atoms with Gasteiger partial charge in [0.25, 0.3) is 10.0 Å². The summed E-state index contributed by atoms with van der Waals surface area (Å²) < 4.78 is 23.2. The highest BCUT2D eigenvalue weighted by atomic mass is 79.9. The maximum Gasteiger partial charge on any atom is 0.258 e. The van der Waals surface area contributed by atoms with E-state index in [1.165, 1.54) is 10.9 Å². The zero-order valence-electron chi connectivity index (χ0n) is 5.65. The Bertz CT molecular complexity index is 369. The second kappa shape index (κ2) is 2.58. The lowest BCUT2D eigenvalue weighted by molar-refractivity contribution is 0.589. The summed E-state index contributed by atoms with van der Waals surface area (Å²) in [7, 11) is -2.08. The van der Waals surface area contributed by atoms with Crippen LogP contribution in [0.3, 0.4) is 0 Å². The predicted molar refractivity (Wildman–Crippen MR) is 42.3 cm³/mol. The van der Waals surface area contributed by atoms with Gasteiger partial charge in [0.05, 0.1) is 4.47 Å². The number of hydrogen-bond donors (Lipinski definition) is 1. The van der Waals surface area contributed by atoms with E-state index >= 15 is 0 Å². The third kappa shape index (κ3) is 1.79. The van der Waals surface area contributed by atoms with Crippen LogP contribution in [-0.2, 0) is 17.1 Å². The van der Waals surface area contributed by atoms with Gasteiger partial charge in [0.1, 0.15) is 0 Å². The van der Waals surface area contributed by atoms with E-state index in [4.69, 9.17) is 5.14 Å². The zero-order valence-corrected chi connectivity index (χ0v) is 8.05. The van der Waals surface area contributed by atoms with Crippen molar-refractivity contribution in [1.82, 2.24) is 9.78 Å². The molecule has 0 saturated carbocycles. The molecule has 5 nitrogen and oxygen atoms in total. The summed E-state index contributed by atoms with van der Waals surface area (Å²) in [6.45, 7) is 0. The van der Waals surface area contributed by atoms with Crippen molar-refractivity contribution in [3.8, 4) is 0 Å². The third-order valence-corrected chi connectivity index (χ3v) is 2.71. The minimum atomic E-state index is -3.69. The van der Waals surface area contributed by atoms with Crippen LogP contribution in [0.4, 0.5) is 0 Å². The Kier molecular flexibility index (Phi) is 2.04. The largest absolute Gasteiger partial charge is 0.273 e. The van der Waals surface area contributed by atoms with Crippen LogP contribution in [0, 0.1) is 0 Å². The summed E-state index contributed by atoms with van der Waals surface area (Å²) in [4.78, 5) is 0. The van der Waals surface area contributed by atoms with Crippen molar-refractivity contribution >= 4 is 26.0 Å². The number of primary sulfonamides is 1. The average molecular weight is 240 g/mol. The smallest absolute Gasteiger partial charge is 0.258 e. The fourth-order valence-electron chi connectivity index (χ4n) is 0.632. The molecule has 0 atom stereocenters. The molecule has 0 bridgehead atoms. The third-order valence-electron chi connectivity index (χ3n) is 1.02. The van der Waals surface area contributed by atoms with Gasteiger partial charge in [-0.05, 0) is 15.9 Å². The monoisotopic (exact) mass is 239 g/mol. The topological polar surface area (TPSA) is 78.0 Å². The first-order valence-corrected chi connectivity index (χ1v) is 4.97. The number of aromatic nitrogens is 2. The number of hydrogen-bond acceptors (Lipinski definition) is 3. The Morgan fingerprint density at radius 1 is 1.73 bits per heavy atom. The highest BCUT2D eigenvalue weighted by Gasteiger charge is 2.15. The summed E-state index contributed by atoms with van der Waals surface area (Å²) >= 11 is 3.01. The zero-order chi connectivity index (χ0) is 8.65. The Balaban J connectivity index is 3.36. The van der Waals surface area contributed by atoms with Crippen LogP contribution in [0.25, 0.3) is 0 Å². The van der Waals surface area contributed by atoms with E-state index in [0.717, 1.165) is 0 Å². The first kappa shape index (κ1) is 8.69. The van der Waals surface area contributed by atoms with Crippen LogP contribution in [0.1, 0.15) is 0 Å². The van der Waals surface area contributed by atoms with Crippen LogP contribution in [0.15, 0.2) is 15.7 Å². The standard InChI is InChI=1S/C4H6BrN3O2S/c1-8-2-3(5)4(7-8)11(6,9)10/h2H,1H3,(H2,6,9,10). The lowest BCUT2D eigenvalue weighted by Crippen LogP contribution is -2.13. The molecule has 0 aliphatic rings. The minimum Gasteiger partial charge on any atom is -0.273 e. The van der Waals surface area contributed by atoms with E-state index in [0.29, 0.717) is 4.47 Å². The fourth-order valence-corrected chi connectivity index (χ4v) is 2.25. The van der Waals surface area contributed by atoms with E-state index < -0.39 is 10.0 Å². The Hall–Kier alpha value is -0.400. The van der Waals surface area contributed by atoms with Crippen molar-refractivity contribution in [3.05, 3.63) is 10.7 Å². The highest BCUT2D eigenvalue weighted by Crippen LogP contribution is 2.17. The van der Waals surface area contributed by atoms with Crippen molar-refractivity contribution in [2.24, 2.45) is 12.2 Å². The predicted octanol–water partition coefficient (Wildman–Crippen LogP) is -0.170. The lowest BCUT2D eigenvalue weighted by atomic mass is 10.7. The first-order valence-electron chi connectivity index (χ1n) is 2.63. The quantitative estimate of drug-likeness (QED) is 0.740. The second-order valence-corrected chi connectivity index (χ2v) is 4.33. The molecule has 0 radical (unpaired) electrons. The maximum absolute atomic E-state index is 10.7. The molecular formula is C4H6BrN3O2S. The summed E-state index contributed by atoms with van der Waals surface area (Å²) in [5.74, 6) is 0. The van der Waals surface area contributed by atoms with Crippen LogP contribution >= 0.6 is 15.9 Å². The molecule has 0 aromatic carbocycles. The molecular weight excluding hydrogens is 234 g/mol. The van der Waals surface area contributed by atoms with Crippen LogP contribution < -0.4 is 5.14 Å². The molecule has 0 unspecified atom stereocenters. The van der Waals surface area contributed by atoms with Crippen molar-refractivity contribution in [3.63, 3.8) is 0 Å². The number of nitrogens with two attached hydrogens (primary N) is 1. The normalized spacial score (nSPS) is 11.9. The van der Waals surface area contributed by atoms with Gasteiger partial charge in [0, 0.05) is 13.2 Å². The molecule has 0 aliphatic carbocycles. The number of rotatable bonds is 1.